The number of amidine groups is 1. The van der Waals surface area contributed by atoms with E-state index >= 15 is 0 Å². The van der Waals surface area contributed by atoms with E-state index in [9.17, 15) is 0 Å². The van der Waals surface area contributed by atoms with Crippen molar-refractivity contribution in [1.29, 1.82) is 0 Å². The van der Waals surface area contributed by atoms with Crippen LogP contribution in [0.2, 0.25) is 5.02 Å². The molecule has 2 heterocycles. The first-order valence-corrected chi connectivity index (χ1v) is 7.23. The number of aliphatic imine (C=N–C) groups is 1. The van der Waals surface area contributed by atoms with Crippen molar-refractivity contribution in [3.8, 4) is 5.75 Å². The van der Waals surface area contributed by atoms with E-state index in [0.717, 1.165) is 23.0 Å². The maximum Gasteiger partial charge on any atom is 0.158 e. The van der Waals surface area contributed by atoms with Crippen LogP contribution in [0.1, 0.15) is 13.8 Å². The van der Waals surface area contributed by atoms with Gasteiger partial charge in [0.05, 0.1) is 11.9 Å². The minimum Gasteiger partial charge on any atom is -0.480 e. The molecule has 1 aliphatic heterocycles. The van der Waals surface area contributed by atoms with Gasteiger partial charge in [-0.2, -0.15) is 0 Å². The topological polar surface area (TPSA) is 46.5 Å². The molecule has 0 aliphatic carbocycles. The maximum atomic E-state index is 6.06. The summed E-state index contributed by atoms with van der Waals surface area (Å²) in [5.41, 5.74) is 1.63. The van der Waals surface area contributed by atoms with Crippen molar-refractivity contribution < 1.29 is 4.74 Å². The summed E-state index contributed by atoms with van der Waals surface area (Å²) in [6.07, 6.45) is 3.37. The standard InChI is InChI=1S/C16H16ClN3O/c1-10(2)15-16(19-12-4-3-7-18-9-12)20-13-8-11(17)5-6-14(13)21-15/h3-10,15H,1-2H3,(H,19,20)/t15-/m0/s1. The second-order valence-electron chi connectivity index (χ2n) is 5.26. The maximum absolute atomic E-state index is 6.06. The Morgan fingerprint density at radius 1 is 1.29 bits per heavy atom. The molecule has 1 aliphatic rings. The van der Waals surface area contributed by atoms with E-state index < -0.39 is 0 Å². The number of aromatic nitrogens is 1. The van der Waals surface area contributed by atoms with Gasteiger partial charge in [-0.3, -0.25) is 4.98 Å². The molecule has 2 aromatic rings. The number of fused-ring (bicyclic) bond motifs is 1. The van der Waals surface area contributed by atoms with Crippen LogP contribution < -0.4 is 10.1 Å². The highest BCUT2D eigenvalue weighted by Crippen LogP contribution is 2.36. The lowest BCUT2D eigenvalue weighted by Gasteiger charge is -2.29. The first-order chi connectivity index (χ1) is 10.1. The Labute approximate surface area is 128 Å². The van der Waals surface area contributed by atoms with Gasteiger partial charge in [-0.15, -0.1) is 0 Å². The molecule has 3 rings (SSSR count). The number of nitrogens with zero attached hydrogens (tertiary/aromatic N) is 2. The third kappa shape index (κ3) is 3.00. The van der Waals surface area contributed by atoms with Gasteiger partial charge in [0.25, 0.3) is 0 Å². The van der Waals surface area contributed by atoms with Gasteiger partial charge in [0.1, 0.15) is 17.3 Å². The van der Waals surface area contributed by atoms with Gasteiger partial charge < -0.3 is 10.1 Å². The highest BCUT2D eigenvalue weighted by molar-refractivity contribution is 6.31. The molecule has 1 aromatic heterocycles. The second-order valence-corrected chi connectivity index (χ2v) is 5.69. The first-order valence-electron chi connectivity index (χ1n) is 6.85. The predicted octanol–water partition coefficient (Wildman–Crippen LogP) is 4.29. The summed E-state index contributed by atoms with van der Waals surface area (Å²) in [5, 5.41) is 3.94. The van der Waals surface area contributed by atoms with Crippen LogP contribution in [0, 0.1) is 5.92 Å². The smallest absolute Gasteiger partial charge is 0.158 e. The van der Waals surface area contributed by atoms with E-state index in [2.05, 4.69) is 29.1 Å². The van der Waals surface area contributed by atoms with Gasteiger partial charge in [0.15, 0.2) is 6.10 Å². The third-order valence-electron chi connectivity index (χ3n) is 3.22. The Hall–Kier alpha value is -2.07. The van der Waals surface area contributed by atoms with Crippen molar-refractivity contribution >= 4 is 28.8 Å². The number of hydrogen-bond donors (Lipinski definition) is 1. The zero-order valence-corrected chi connectivity index (χ0v) is 12.6. The van der Waals surface area contributed by atoms with Gasteiger partial charge in [0, 0.05) is 11.2 Å². The Balaban J connectivity index is 1.97. The van der Waals surface area contributed by atoms with Crippen molar-refractivity contribution in [3.05, 3.63) is 47.7 Å². The summed E-state index contributed by atoms with van der Waals surface area (Å²) in [6.45, 7) is 4.21. The molecule has 5 heteroatoms. The van der Waals surface area contributed by atoms with Crippen molar-refractivity contribution in [3.63, 3.8) is 0 Å². The average Bonchev–Trinajstić information content (AvgIpc) is 2.47. The monoisotopic (exact) mass is 301 g/mol. The van der Waals surface area contributed by atoms with Gasteiger partial charge in [-0.05, 0) is 36.2 Å². The van der Waals surface area contributed by atoms with E-state index in [0.29, 0.717) is 5.02 Å². The molecule has 0 amide bonds. The highest BCUT2D eigenvalue weighted by Gasteiger charge is 2.27. The fraction of sp³-hybridized carbons (Fsp3) is 0.250. The summed E-state index contributed by atoms with van der Waals surface area (Å²) in [7, 11) is 0. The first kappa shape index (κ1) is 13.9. The number of rotatable bonds is 2. The third-order valence-corrected chi connectivity index (χ3v) is 3.46. The van der Waals surface area contributed by atoms with Crippen molar-refractivity contribution in [2.45, 2.75) is 20.0 Å². The average molecular weight is 302 g/mol. The molecule has 0 saturated heterocycles. The predicted molar refractivity (Wildman–Crippen MR) is 85.7 cm³/mol. The van der Waals surface area contributed by atoms with Crippen LogP contribution in [0.15, 0.2) is 47.7 Å². The van der Waals surface area contributed by atoms with E-state index in [-0.39, 0.29) is 12.0 Å². The summed E-state index contributed by atoms with van der Waals surface area (Å²) < 4.78 is 6.06. The van der Waals surface area contributed by atoms with Crippen LogP contribution in [0.5, 0.6) is 5.75 Å². The van der Waals surface area contributed by atoms with Crippen molar-refractivity contribution in [2.24, 2.45) is 10.9 Å². The van der Waals surface area contributed by atoms with Crippen LogP contribution in [0.4, 0.5) is 11.4 Å². The minimum atomic E-state index is -0.126. The number of ether oxygens (including phenoxy) is 1. The zero-order valence-electron chi connectivity index (χ0n) is 11.9. The normalized spacial score (nSPS) is 17.0. The number of halogens is 1. The lowest BCUT2D eigenvalue weighted by Crippen LogP contribution is -2.39. The molecule has 0 fully saturated rings. The largest absolute Gasteiger partial charge is 0.480 e. The summed E-state index contributed by atoms with van der Waals surface area (Å²) in [6, 6.07) is 9.30. The SMILES string of the molecule is CC(C)[C@@H]1Oc2ccc(Cl)cc2N=C1Nc1cccnc1. The van der Waals surface area contributed by atoms with Crippen molar-refractivity contribution in [1.82, 2.24) is 4.98 Å². The molecule has 108 valence electrons. The van der Waals surface area contributed by atoms with E-state index in [1.54, 1.807) is 18.5 Å². The number of benzene rings is 1. The van der Waals surface area contributed by atoms with Crippen LogP contribution >= 0.6 is 11.6 Å². The van der Waals surface area contributed by atoms with Crippen LogP contribution in [-0.2, 0) is 0 Å². The molecule has 0 unspecified atom stereocenters. The minimum absolute atomic E-state index is 0.126. The highest BCUT2D eigenvalue weighted by atomic mass is 35.5. The van der Waals surface area contributed by atoms with Crippen molar-refractivity contribution in [2.75, 3.05) is 5.32 Å². The second kappa shape index (κ2) is 5.74. The Morgan fingerprint density at radius 3 is 2.86 bits per heavy atom. The van der Waals surface area contributed by atoms with E-state index in [1.165, 1.54) is 0 Å². The molecule has 0 saturated carbocycles. The summed E-state index contributed by atoms with van der Waals surface area (Å²) >= 11 is 6.03. The van der Waals surface area contributed by atoms with Gasteiger partial charge in [-0.25, -0.2) is 4.99 Å². The Morgan fingerprint density at radius 2 is 2.14 bits per heavy atom. The molecular formula is C16H16ClN3O. The molecule has 0 spiro atoms. The fourth-order valence-electron chi connectivity index (χ4n) is 2.20. The van der Waals surface area contributed by atoms with E-state index in [4.69, 9.17) is 16.3 Å². The molecular weight excluding hydrogens is 286 g/mol. The number of nitrogens with one attached hydrogen (secondary N) is 1. The Kier molecular flexibility index (Phi) is 3.80. The van der Waals surface area contributed by atoms with E-state index in [1.807, 2.05) is 24.3 Å². The molecule has 1 atom stereocenters. The van der Waals surface area contributed by atoms with Crippen LogP contribution in [0.3, 0.4) is 0 Å². The quantitative estimate of drug-likeness (QED) is 0.900. The molecule has 4 nitrogen and oxygen atoms in total. The molecule has 1 N–H and O–H groups in total. The summed E-state index contributed by atoms with van der Waals surface area (Å²) in [4.78, 5) is 8.77. The number of anilines is 1. The van der Waals surface area contributed by atoms with Crippen LogP contribution in [-0.4, -0.2) is 16.9 Å². The van der Waals surface area contributed by atoms with Crippen LogP contribution in [0.25, 0.3) is 0 Å². The number of hydrogen-bond acceptors (Lipinski definition) is 4. The fourth-order valence-corrected chi connectivity index (χ4v) is 2.37. The lowest BCUT2D eigenvalue weighted by atomic mass is 10.0. The molecule has 0 radical (unpaired) electrons. The van der Waals surface area contributed by atoms with Gasteiger partial charge >= 0.3 is 0 Å². The molecule has 1 aromatic carbocycles. The lowest BCUT2D eigenvalue weighted by molar-refractivity contribution is 0.212. The van der Waals surface area contributed by atoms with Gasteiger partial charge in [-0.1, -0.05) is 25.4 Å². The van der Waals surface area contributed by atoms with Gasteiger partial charge in [0.2, 0.25) is 0 Å². The molecule has 21 heavy (non-hydrogen) atoms. The number of pyridine rings is 1. The summed E-state index contributed by atoms with van der Waals surface area (Å²) in [5.74, 6) is 1.82. The molecule has 0 bridgehead atoms. The Bertz CT molecular complexity index is 670. The zero-order chi connectivity index (χ0) is 14.8.